The zero-order valence-electron chi connectivity index (χ0n) is 14.5. The fourth-order valence-electron chi connectivity index (χ4n) is 2.87. The Labute approximate surface area is 153 Å². The number of carbonyl (C=O) groups excluding carboxylic acids is 2. The molecule has 2 aromatic carbocycles. The molecule has 1 atom stereocenters. The average molecular weight is 352 g/mol. The van der Waals surface area contributed by atoms with Crippen molar-refractivity contribution >= 4 is 35.5 Å². The Bertz CT molecular complexity index is 863. The molecule has 0 aromatic heterocycles. The van der Waals surface area contributed by atoms with Gasteiger partial charge in [-0.05, 0) is 38.0 Å². The Morgan fingerprint density at radius 3 is 2.12 bits per heavy atom. The minimum absolute atomic E-state index is 0.00230. The summed E-state index contributed by atoms with van der Waals surface area (Å²) in [6, 6.07) is 14.6. The van der Waals surface area contributed by atoms with Crippen LogP contribution in [0.25, 0.3) is 11.3 Å². The lowest BCUT2D eigenvalue weighted by atomic mass is 9.89. The summed E-state index contributed by atoms with van der Waals surface area (Å²) < 4.78 is 6.12. The van der Waals surface area contributed by atoms with Crippen molar-refractivity contribution in [3.8, 4) is 0 Å². The molecule has 0 saturated carbocycles. The lowest BCUT2D eigenvalue weighted by Crippen LogP contribution is -2.32. The summed E-state index contributed by atoms with van der Waals surface area (Å²) in [7, 11) is 0. The molecule has 0 radical (unpaired) electrons. The van der Waals surface area contributed by atoms with Crippen molar-refractivity contribution in [3.63, 3.8) is 0 Å². The first-order valence-electron chi connectivity index (χ1n) is 8.24. The molecular weight excluding hydrogens is 332 g/mol. The summed E-state index contributed by atoms with van der Waals surface area (Å²) in [5.41, 5.74) is 1.91. The van der Waals surface area contributed by atoms with Crippen molar-refractivity contribution in [2.24, 2.45) is 0 Å². The number of hydrogen-bond acceptors (Lipinski definition) is 4. The van der Waals surface area contributed by atoms with Gasteiger partial charge in [0.05, 0.1) is 5.57 Å². The number of ether oxygens (including phenoxy) is 1. The van der Waals surface area contributed by atoms with Crippen LogP contribution in [0.2, 0.25) is 0 Å². The molecule has 0 spiro atoms. The number of ketones is 2. The smallest absolute Gasteiger partial charge is 0.210 e. The maximum atomic E-state index is 13.1. The van der Waals surface area contributed by atoms with E-state index in [0.717, 1.165) is 16.0 Å². The van der Waals surface area contributed by atoms with Gasteiger partial charge in [0.1, 0.15) is 5.76 Å². The van der Waals surface area contributed by atoms with Crippen molar-refractivity contribution in [2.45, 2.75) is 37.7 Å². The summed E-state index contributed by atoms with van der Waals surface area (Å²) in [6.45, 7) is 5.28. The summed E-state index contributed by atoms with van der Waals surface area (Å²) in [5, 5.41) is 0. The van der Waals surface area contributed by atoms with Crippen LogP contribution in [-0.4, -0.2) is 17.2 Å². The molecule has 4 heteroatoms. The summed E-state index contributed by atoms with van der Waals surface area (Å²) in [6.07, 6.45) is 0.578. The predicted octanol–water partition coefficient (Wildman–Crippen LogP) is 4.81. The van der Waals surface area contributed by atoms with Gasteiger partial charge in [-0.1, -0.05) is 43.3 Å². The van der Waals surface area contributed by atoms with Crippen molar-refractivity contribution in [2.75, 3.05) is 0 Å². The molecular formula is C21H20O3S. The van der Waals surface area contributed by atoms with Gasteiger partial charge in [-0.15, -0.1) is 12.6 Å². The van der Waals surface area contributed by atoms with Crippen LogP contribution in [-0.2, 0) is 9.53 Å². The number of hydrogen-bond donors (Lipinski definition) is 1. The van der Waals surface area contributed by atoms with Crippen LogP contribution in [0.3, 0.4) is 0 Å². The van der Waals surface area contributed by atoms with E-state index < -0.39 is 5.60 Å². The van der Waals surface area contributed by atoms with Gasteiger partial charge in [0, 0.05) is 16.0 Å². The van der Waals surface area contributed by atoms with E-state index in [1.54, 1.807) is 12.1 Å². The predicted molar refractivity (Wildman–Crippen MR) is 102 cm³/mol. The van der Waals surface area contributed by atoms with E-state index in [1.807, 2.05) is 50.2 Å². The number of rotatable bonds is 4. The topological polar surface area (TPSA) is 43.4 Å². The van der Waals surface area contributed by atoms with Crippen LogP contribution in [0.4, 0.5) is 0 Å². The molecule has 1 heterocycles. The quantitative estimate of drug-likeness (QED) is 0.634. The molecule has 1 aliphatic heterocycles. The van der Waals surface area contributed by atoms with Gasteiger partial charge in [0.15, 0.2) is 11.4 Å². The van der Waals surface area contributed by atoms with Gasteiger partial charge in [-0.25, -0.2) is 0 Å². The lowest BCUT2D eigenvalue weighted by molar-refractivity contribution is -0.126. The first kappa shape index (κ1) is 17.5. The first-order valence-corrected chi connectivity index (χ1v) is 8.69. The van der Waals surface area contributed by atoms with Gasteiger partial charge in [0.25, 0.3) is 0 Å². The third-order valence-corrected chi connectivity index (χ3v) is 4.94. The van der Waals surface area contributed by atoms with E-state index >= 15 is 0 Å². The van der Waals surface area contributed by atoms with Crippen LogP contribution in [0, 0.1) is 0 Å². The zero-order chi connectivity index (χ0) is 18.2. The first-order chi connectivity index (χ1) is 11.9. The minimum atomic E-state index is -0.871. The van der Waals surface area contributed by atoms with Gasteiger partial charge >= 0.3 is 0 Å². The molecule has 3 nitrogen and oxygen atoms in total. The van der Waals surface area contributed by atoms with Gasteiger partial charge < -0.3 is 4.74 Å². The van der Waals surface area contributed by atoms with E-state index in [0.29, 0.717) is 23.3 Å². The molecule has 0 saturated heterocycles. The highest BCUT2D eigenvalue weighted by molar-refractivity contribution is 7.80. The third kappa shape index (κ3) is 3.14. The summed E-state index contributed by atoms with van der Waals surface area (Å²) >= 11 is 4.31. The Morgan fingerprint density at radius 1 is 1.04 bits per heavy atom. The van der Waals surface area contributed by atoms with E-state index in [4.69, 9.17) is 4.74 Å². The maximum Gasteiger partial charge on any atom is 0.210 e. The van der Waals surface area contributed by atoms with Crippen LogP contribution < -0.4 is 0 Å². The van der Waals surface area contributed by atoms with Crippen LogP contribution in [0.1, 0.15) is 48.7 Å². The van der Waals surface area contributed by atoms with Gasteiger partial charge in [-0.2, -0.15) is 0 Å². The van der Waals surface area contributed by atoms with Crippen LogP contribution in [0.15, 0.2) is 53.4 Å². The SMILES string of the molecule is CCC1(C)OC(c2ccc(S)cc2)=C(c2ccc(C(C)=O)cc2)C1=O. The molecule has 128 valence electrons. The van der Waals surface area contributed by atoms with E-state index in [1.165, 1.54) is 6.92 Å². The van der Waals surface area contributed by atoms with Crippen LogP contribution >= 0.6 is 12.6 Å². The molecule has 0 amide bonds. The highest BCUT2D eigenvalue weighted by Gasteiger charge is 2.45. The monoisotopic (exact) mass is 352 g/mol. The molecule has 3 rings (SSSR count). The van der Waals surface area contributed by atoms with E-state index in [2.05, 4.69) is 12.6 Å². The Kier molecular flexibility index (Phi) is 4.56. The van der Waals surface area contributed by atoms with Gasteiger partial charge in [-0.3, -0.25) is 9.59 Å². The van der Waals surface area contributed by atoms with Crippen LogP contribution in [0.5, 0.6) is 0 Å². The second-order valence-electron chi connectivity index (χ2n) is 6.40. The lowest BCUT2D eigenvalue weighted by Gasteiger charge is -2.21. The third-order valence-electron chi connectivity index (χ3n) is 4.65. The fourth-order valence-corrected chi connectivity index (χ4v) is 3.02. The highest BCUT2D eigenvalue weighted by atomic mass is 32.1. The second-order valence-corrected chi connectivity index (χ2v) is 6.92. The molecule has 0 fully saturated rings. The van der Waals surface area contributed by atoms with Crippen molar-refractivity contribution in [1.82, 2.24) is 0 Å². The standard InChI is InChI=1S/C21H20O3S/c1-4-21(3)20(23)18(15-7-5-14(6-8-15)13(2)22)19(24-21)16-9-11-17(25)12-10-16/h5-12,25H,4H2,1-3H3. The molecule has 25 heavy (non-hydrogen) atoms. The number of thiol groups is 1. The highest BCUT2D eigenvalue weighted by Crippen LogP contribution is 2.43. The van der Waals surface area contributed by atoms with Crippen molar-refractivity contribution in [3.05, 3.63) is 65.2 Å². The number of carbonyl (C=O) groups is 2. The van der Waals surface area contributed by atoms with E-state index in [9.17, 15) is 9.59 Å². The Morgan fingerprint density at radius 2 is 1.60 bits per heavy atom. The summed E-state index contributed by atoms with van der Waals surface area (Å²) in [5.74, 6) is 0.547. The zero-order valence-corrected chi connectivity index (χ0v) is 15.4. The van der Waals surface area contributed by atoms with Crippen molar-refractivity contribution < 1.29 is 14.3 Å². The summed E-state index contributed by atoms with van der Waals surface area (Å²) in [4.78, 5) is 25.4. The number of Topliss-reactive ketones (excluding diaryl/α,β-unsaturated/α-hetero) is 2. The normalized spacial score (nSPS) is 19.9. The Hall–Kier alpha value is -2.33. The second kappa shape index (κ2) is 6.52. The van der Waals surface area contributed by atoms with Gasteiger partial charge in [0.2, 0.25) is 5.78 Å². The molecule has 1 unspecified atom stereocenters. The van der Waals surface area contributed by atoms with Crippen molar-refractivity contribution in [1.29, 1.82) is 0 Å². The maximum absolute atomic E-state index is 13.1. The molecule has 1 aliphatic rings. The minimum Gasteiger partial charge on any atom is -0.478 e. The average Bonchev–Trinajstić information content (AvgIpc) is 2.88. The fraction of sp³-hybridized carbons (Fsp3) is 0.238. The molecule has 0 N–H and O–H groups in total. The molecule has 0 bridgehead atoms. The number of benzene rings is 2. The molecule has 2 aromatic rings. The van der Waals surface area contributed by atoms with E-state index in [-0.39, 0.29) is 11.6 Å². The molecule has 0 aliphatic carbocycles. The Balaban J connectivity index is 2.15. The largest absolute Gasteiger partial charge is 0.478 e.